The molecule has 4 aromatic rings. The molecule has 2 saturated heterocycles. The molecule has 0 saturated carbocycles. The third-order valence-electron chi connectivity index (χ3n) is 7.04. The molecule has 1 unspecified atom stereocenters. The molecule has 0 bridgehead atoms. The lowest BCUT2D eigenvalue weighted by atomic mass is 10.0. The van der Waals surface area contributed by atoms with Crippen LogP contribution >= 0.6 is 11.3 Å². The van der Waals surface area contributed by atoms with Gasteiger partial charge in [0.1, 0.15) is 18.1 Å². The van der Waals surface area contributed by atoms with Crippen molar-refractivity contribution in [3.8, 4) is 27.4 Å². The number of nitrogens with zero attached hydrogens (tertiary/aromatic N) is 4. The highest BCUT2D eigenvalue weighted by Crippen LogP contribution is 2.42. The van der Waals surface area contributed by atoms with Crippen LogP contribution in [0.2, 0.25) is 0 Å². The Bertz CT molecular complexity index is 1560. The first kappa shape index (κ1) is 28.2. The maximum Gasteiger partial charge on any atom is 0.317 e. The van der Waals surface area contributed by atoms with E-state index in [9.17, 15) is 13.6 Å². The maximum absolute atomic E-state index is 14.9. The topological polar surface area (TPSA) is 111 Å². The fourth-order valence-electron chi connectivity index (χ4n) is 4.96. The molecule has 10 nitrogen and oxygen atoms in total. The van der Waals surface area contributed by atoms with Crippen LogP contribution < -0.4 is 15.4 Å². The van der Waals surface area contributed by atoms with Crippen molar-refractivity contribution in [3.63, 3.8) is 0 Å². The average molecular weight is 597 g/mol. The molecule has 5 heterocycles. The lowest BCUT2D eigenvalue weighted by Crippen LogP contribution is -2.32. The number of benzene rings is 1. The molecule has 2 N–H and O–H groups in total. The number of hydrogen-bond acceptors (Lipinski definition) is 9. The van der Waals surface area contributed by atoms with Crippen LogP contribution in [-0.2, 0) is 9.47 Å². The number of carbonyl (C=O) groups excluding carboxylic acids is 1. The van der Waals surface area contributed by atoms with Gasteiger partial charge < -0.3 is 29.7 Å². The van der Waals surface area contributed by atoms with Gasteiger partial charge in [0.2, 0.25) is 11.9 Å². The molecule has 42 heavy (non-hydrogen) atoms. The Balaban J connectivity index is 1.21. The van der Waals surface area contributed by atoms with Crippen LogP contribution in [0.3, 0.4) is 0 Å². The minimum absolute atomic E-state index is 0.108. The van der Waals surface area contributed by atoms with Gasteiger partial charge in [-0.15, -0.1) is 11.3 Å². The minimum Gasteiger partial charge on any atom is -0.489 e. The maximum atomic E-state index is 14.9. The quantitative estimate of drug-likeness (QED) is 0.183. The van der Waals surface area contributed by atoms with Crippen LogP contribution in [0.1, 0.15) is 19.3 Å². The highest BCUT2D eigenvalue weighted by molar-refractivity contribution is 7.22. The molecular weight excluding hydrogens is 566 g/mol. The van der Waals surface area contributed by atoms with E-state index in [-0.39, 0.29) is 30.6 Å². The van der Waals surface area contributed by atoms with Crippen LogP contribution in [-0.4, -0.2) is 78.2 Å². The fraction of sp³-hybridized carbons (Fsp3) is 0.379. The summed E-state index contributed by atoms with van der Waals surface area (Å²) < 4.78 is 47.4. The summed E-state index contributed by atoms with van der Waals surface area (Å²) in [6.45, 7) is 3.41. The van der Waals surface area contributed by atoms with Crippen molar-refractivity contribution in [2.24, 2.45) is 0 Å². The number of amides is 2. The predicted molar refractivity (Wildman–Crippen MR) is 154 cm³/mol. The molecule has 6 rings (SSSR count). The Labute approximate surface area is 245 Å². The van der Waals surface area contributed by atoms with E-state index in [4.69, 9.17) is 14.2 Å². The van der Waals surface area contributed by atoms with Gasteiger partial charge in [0.15, 0.2) is 12.1 Å². The molecule has 220 valence electrons. The standard InChI is InChI=1S/C29H30F2N6O4S/c30-21-16-35-28(32-7-9-37-10-8-33-29(37)38)36-26(21)23-14-18-4-3-5-19(27(18)42-23)20-15-24(31)34-17-22(20)39-12-13-41-25-6-1-2-11-40-25/h3-5,14-17,25H,1-2,6-13H2,(H,33,38)(H,32,35,36). The van der Waals surface area contributed by atoms with Crippen molar-refractivity contribution in [2.45, 2.75) is 25.6 Å². The van der Waals surface area contributed by atoms with E-state index in [1.807, 2.05) is 24.3 Å². The van der Waals surface area contributed by atoms with E-state index in [1.165, 1.54) is 23.6 Å². The Kier molecular flexibility index (Phi) is 8.68. The Hall–Kier alpha value is -3.94. The highest BCUT2D eigenvalue weighted by atomic mass is 32.1. The summed E-state index contributed by atoms with van der Waals surface area (Å²) in [5.74, 6) is -0.523. The number of nitrogens with one attached hydrogen (secondary N) is 2. The number of rotatable bonds is 11. The van der Waals surface area contributed by atoms with Gasteiger partial charge in [-0.3, -0.25) is 0 Å². The number of fused-ring (bicyclic) bond motifs is 1. The molecule has 0 aliphatic carbocycles. The van der Waals surface area contributed by atoms with Gasteiger partial charge in [-0.05, 0) is 30.7 Å². The van der Waals surface area contributed by atoms with Crippen molar-refractivity contribution in [1.29, 1.82) is 0 Å². The highest BCUT2D eigenvalue weighted by Gasteiger charge is 2.20. The molecule has 0 radical (unpaired) electrons. The van der Waals surface area contributed by atoms with Crippen molar-refractivity contribution in [2.75, 3.05) is 51.3 Å². The van der Waals surface area contributed by atoms with Crippen LogP contribution in [0, 0.1) is 11.8 Å². The van der Waals surface area contributed by atoms with Gasteiger partial charge in [0, 0.05) is 54.7 Å². The number of urea groups is 1. The number of aromatic nitrogens is 3. The zero-order valence-corrected chi connectivity index (χ0v) is 23.6. The van der Waals surface area contributed by atoms with Crippen molar-refractivity contribution >= 4 is 33.4 Å². The van der Waals surface area contributed by atoms with Crippen LogP contribution in [0.4, 0.5) is 19.5 Å². The zero-order chi connectivity index (χ0) is 28.9. The van der Waals surface area contributed by atoms with E-state index in [0.717, 1.165) is 41.1 Å². The molecule has 2 aliphatic rings. The monoisotopic (exact) mass is 596 g/mol. The van der Waals surface area contributed by atoms with Crippen molar-refractivity contribution < 1.29 is 27.8 Å². The zero-order valence-electron chi connectivity index (χ0n) is 22.8. The molecule has 2 fully saturated rings. The average Bonchev–Trinajstić information content (AvgIpc) is 3.63. The lowest BCUT2D eigenvalue weighted by Gasteiger charge is -2.22. The molecular formula is C29H30F2N6O4S. The third-order valence-corrected chi connectivity index (χ3v) is 8.23. The fourth-order valence-corrected chi connectivity index (χ4v) is 6.14. The number of anilines is 1. The second kappa shape index (κ2) is 12.9. The first-order chi connectivity index (χ1) is 20.5. The van der Waals surface area contributed by atoms with Gasteiger partial charge in [-0.2, -0.15) is 4.39 Å². The summed E-state index contributed by atoms with van der Waals surface area (Å²) in [4.78, 5) is 26.3. The number of halogens is 2. The number of pyridine rings is 1. The van der Waals surface area contributed by atoms with Crippen molar-refractivity contribution in [1.82, 2.24) is 25.2 Å². The summed E-state index contributed by atoms with van der Waals surface area (Å²) in [7, 11) is 0. The number of carbonyl (C=O) groups is 1. The molecule has 0 spiro atoms. The van der Waals surface area contributed by atoms with Crippen LogP contribution in [0.15, 0.2) is 42.7 Å². The Morgan fingerprint density at radius 2 is 2.07 bits per heavy atom. The van der Waals surface area contributed by atoms with Gasteiger partial charge in [-0.25, -0.2) is 24.1 Å². The van der Waals surface area contributed by atoms with Crippen molar-refractivity contribution in [3.05, 3.63) is 54.5 Å². The van der Waals surface area contributed by atoms with E-state index in [2.05, 4.69) is 25.6 Å². The predicted octanol–water partition coefficient (Wildman–Crippen LogP) is 5.06. The second-order valence-corrected chi connectivity index (χ2v) is 10.9. The summed E-state index contributed by atoms with van der Waals surface area (Å²) in [6.07, 6.45) is 5.23. The van der Waals surface area contributed by atoms with Gasteiger partial charge >= 0.3 is 6.03 Å². The summed E-state index contributed by atoms with van der Waals surface area (Å²) >= 11 is 1.34. The summed E-state index contributed by atoms with van der Waals surface area (Å²) in [5.41, 5.74) is 1.41. The third kappa shape index (κ3) is 6.42. The van der Waals surface area contributed by atoms with Gasteiger partial charge in [0.05, 0.1) is 23.9 Å². The number of thiophene rings is 1. The Morgan fingerprint density at radius 3 is 2.90 bits per heavy atom. The number of hydrogen-bond donors (Lipinski definition) is 2. The lowest BCUT2D eigenvalue weighted by molar-refractivity contribution is -0.165. The first-order valence-electron chi connectivity index (χ1n) is 13.9. The molecule has 1 atom stereocenters. The molecule has 2 amide bonds. The first-order valence-corrected chi connectivity index (χ1v) is 14.7. The Morgan fingerprint density at radius 1 is 1.14 bits per heavy atom. The van der Waals surface area contributed by atoms with E-state index >= 15 is 0 Å². The van der Waals surface area contributed by atoms with Gasteiger partial charge in [-0.1, -0.05) is 18.2 Å². The van der Waals surface area contributed by atoms with Crippen LogP contribution in [0.25, 0.3) is 31.8 Å². The SMILES string of the molecule is O=C1NCCN1CCNc1ncc(F)c(-c2cc3cccc(-c4cc(F)ncc4OCCOC4CCCCO4)c3s2)n1. The normalized spacial score (nSPS) is 17.0. The smallest absolute Gasteiger partial charge is 0.317 e. The molecule has 1 aromatic carbocycles. The van der Waals surface area contributed by atoms with E-state index < -0.39 is 11.8 Å². The molecule has 13 heteroatoms. The van der Waals surface area contributed by atoms with Gasteiger partial charge in [0.25, 0.3) is 0 Å². The number of ether oxygens (including phenoxy) is 3. The summed E-state index contributed by atoms with van der Waals surface area (Å²) in [6, 6.07) is 8.72. The van der Waals surface area contributed by atoms with E-state index in [1.54, 1.807) is 4.90 Å². The molecule has 3 aromatic heterocycles. The largest absolute Gasteiger partial charge is 0.489 e. The van der Waals surface area contributed by atoms with Crippen LogP contribution in [0.5, 0.6) is 5.75 Å². The molecule has 2 aliphatic heterocycles. The summed E-state index contributed by atoms with van der Waals surface area (Å²) in [5, 5.41) is 6.67. The minimum atomic E-state index is -0.637. The second-order valence-electron chi connectivity index (χ2n) is 9.89. The van der Waals surface area contributed by atoms with E-state index in [0.29, 0.717) is 55.6 Å².